The van der Waals surface area contributed by atoms with Gasteiger partial charge in [0.1, 0.15) is 12.3 Å². The maximum atomic E-state index is 5.92. The zero-order valence-electron chi connectivity index (χ0n) is 11.4. The lowest BCUT2D eigenvalue weighted by molar-refractivity contribution is 0.328. The Morgan fingerprint density at radius 3 is 2.79 bits per heavy atom. The van der Waals surface area contributed by atoms with Crippen molar-refractivity contribution in [1.29, 1.82) is 0 Å². The molecule has 2 aromatic rings. The Hall–Kier alpha value is -1.68. The maximum Gasteiger partial charge on any atom is 0.163 e. The molecule has 102 valence electrons. The largest absolute Gasteiger partial charge is 0.488 e. The Morgan fingerprint density at radius 1 is 1.37 bits per heavy atom. The third-order valence-electron chi connectivity index (χ3n) is 2.94. The minimum Gasteiger partial charge on any atom is -0.488 e. The van der Waals surface area contributed by atoms with E-state index in [4.69, 9.17) is 16.3 Å². The summed E-state index contributed by atoms with van der Waals surface area (Å²) < 4.78 is 7.59. The number of anilines is 1. The van der Waals surface area contributed by atoms with Crippen molar-refractivity contribution in [2.24, 2.45) is 7.05 Å². The molecule has 2 rings (SSSR count). The summed E-state index contributed by atoms with van der Waals surface area (Å²) in [5.41, 5.74) is 2.96. The number of nitrogens with one attached hydrogen (secondary N) is 1. The van der Waals surface area contributed by atoms with Crippen LogP contribution in [0.5, 0.6) is 5.75 Å². The third kappa shape index (κ3) is 3.41. The van der Waals surface area contributed by atoms with E-state index in [0.29, 0.717) is 13.2 Å². The number of benzene rings is 1. The zero-order chi connectivity index (χ0) is 13.8. The zero-order valence-corrected chi connectivity index (χ0v) is 12.2. The standard InChI is InChI=1S/C14H18ClN3O/c1-10-14(11(2)18(3)17-10)19-8-7-16-13-6-4-5-12(15)9-13/h4-6,9,16H,7-8H2,1-3H3. The van der Waals surface area contributed by atoms with Gasteiger partial charge in [0.2, 0.25) is 0 Å². The van der Waals surface area contributed by atoms with Gasteiger partial charge >= 0.3 is 0 Å². The topological polar surface area (TPSA) is 39.1 Å². The molecular formula is C14H18ClN3O. The van der Waals surface area contributed by atoms with Crippen LogP contribution in [-0.4, -0.2) is 22.9 Å². The molecule has 0 unspecified atom stereocenters. The van der Waals surface area contributed by atoms with Crippen molar-refractivity contribution < 1.29 is 4.74 Å². The predicted octanol–water partition coefficient (Wildman–Crippen LogP) is 3.18. The average molecular weight is 280 g/mol. The Labute approximate surface area is 118 Å². The van der Waals surface area contributed by atoms with E-state index in [2.05, 4.69) is 10.4 Å². The average Bonchev–Trinajstić information content (AvgIpc) is 2.60. The second-order valence-electron chi connectivity index (χ2n) is 4.41. The number of hydrogen-bond acceptors (Lipinski definition) is 3. The first-order valence-corrected chi connectivity index (χ1v) is 6.58. The first kappa shape index (κ1) is 13.7. The van der Waals surface area contributed by atoms with Gasteiger partial charge in [-0.15, -0.1) is 0 Å². The van der Waals surface area contributed by atoms with E-state index in [0.717, 1.165) is 27.8 Å². The second kappa shape index (κ2) is 5.97. The molecule has 1 heterocycles. The van der Waals surface area contributed by atoms with Gasteiger partial charge in [0.25, 0.3) is 0 Å². The highest BCUT2D eigenvalue weighted by Gasteiger charge is 2.09. The molecule has 0 atom stereocenters. The number of nitrogens with zero attached hydrogens (tertiary/aromatic N) is 2. The number of hydrogen-bond donors (Lipinski definition) is 1. The molecule has 19 heavy (non-hydrogen) atoms. The van der Waals surface area contributed by atoms with E-state index in [-0.39, 0.29) is 0 Å². The number of aromatic nitrogens is 2. The Morgan fingerprint density at radius 2 is 2.16 bits per heavy atom. The Bertz CT molecular complexity index is 566. The van der Waals surface area contributed by atoms with Gasteiger partial charge in [0, 0.05) is 24.3 Å². The van der Waals surface area contributed by atoms with E-state index in [1.165, 1.54) is 0 Å². The number of halogens is 1. The smallest absolute Gasteiger partial charge is 0.163 e. The fraction of sp³-hybridized carbons (Fsp3) is 0.357. The van der Waals surface area contributed by atoms with Crippen LogP contribution in [0.25, 0.3) is 0 Å². The maximum absolute atomic E-state index is 5.92. The fourth-order valence-electron chi connectivity index (χ4n) is 1.91. The quantitative estimate of drug-likeness (QED) is 0.855. The van der Waals surface area contributed by atoms with Gasteiger partial charge in [-0.3, -0.25) is 4.68 Å². The van der Waals surface area contributed by atoms with Crippen LogP contribution in [0.4, 0.5) is 5.69 Å². The van der Waals surface area contributed by atoms with Crippen LogP contribution in [0.2, 0.25) is 5.02 Å². The summed E-state index contributed by atoms with van der Waals surface area (Å²) in [5.74, 6) is 0.871. The lowest BCUT2D eigenvalue weighted by atomic mass is 10.3. The van der Waals surface area contributed by atoms with Crippen LogP contribution in [0.3, 0.4) is 0 Å². The third-order valence-corrected chi connectivity index (χ3v) is 3.18. The Kier molecular flexibility index (Phi) is 4.32. The van der Waals surface area contributed by atoms with Crippen LogP contribution in [0, 0.1) is 13.8 Å². The monoisotopic (exact) mass is 279 g/mol. The normalized spacial score (nSPS) is 10.5. The van der Waals surface area contributed by atoms with E-state index in [1.807, 2.05) is 49.8 Å². The van der Waals surface area contributed by atoms with Crippen LogP contribution in [-0.2, 0) is 7.05 Å². The molecule has 0 saturated carbocycles. The van der Waals surface area contributed by atoms with Crippen molar-refractivity contribution in [1.82, 2.24) is 9.78 Å². The minimum absolute atomic E-state index is 0.583. The van der Waals surface area contributed by atoms with Crippen LogP contribution in [0.15, 0.2) is 24.3 Å². The van der Waals surface area contributed by atoms with Gasteiger partial charge in [-0.25, -0.2) is 0 Å². The molecule has 0 amide bonds. The lowest BCUT2D eigenvalue weighted by Crippen LogP contribution is -2.12. The molecule has 0 spiro atoms. The van der Waals surface area contributed by atoms with Crippen molar-refractivity contribution in [3.63, 3.8) is 0 Å². The van der Waals surface area contributed by atoms with Gasteiger partial charge in [-0.1, -0.05) is 17.7 Å². The lowest BCUT2D eigenvalue weighted by Gasteiger charge is -2.09. The molecule has 4 nitrogen and oxygen atoms in total. The number of ether oxygens (including phenoxy) is 1. The van der Waals surface area contributed by atoms with E-state index in [1.54, 1.807) is 0 Å². The first-order chi connectivity index (χ1) is 9.08. The van der Waals surface area contributed by atoms with Crippen LogP contribution in [0.1, 0.15) is 11.4 Å². The fourth-order valence-corrected chi connectivity index (χ4v) is 2.10. The summed E-state index contributed by atoms with van der Waals surface area (Å²) >= 11 is 5.92. The molecule has 0 bridgehead atoms. The summed E-state index contributed by atoms with van der Waals surface area (Å²) in [4.78, 5) is 0. The van der Waals surface area contributed by atoms with Crippen molar-refractivity contribution in [2.75, 3.05) is 18.5 Å². The second-order valence-corrected chi connectivity index (χ2v) is 4.85. The molecule has 0 aliphatic rings. The molecule has 0 radical (unpaired) electrons. The first-order valence-electron chi connectivity index (χ1n) is 6.20. The molecule has 1 N–H and O–H groups in total. The molecule has 0 aliphatic carbocycles. The number of rotatable bonds is 5. The van der Waals surface area contributed by atoms with E-state index in [9.17, 15) is 0 Å². The molecule has 0 saturated heterocycles. The van der Waals surface area contributed by atoms with Gasteiger partial charge < -0.3 is 10.1 Å². The van der Waals surface area contributed by atoms with Crippen molar-refractivity contribution >= 4 is 17.3 Å². The highest BCUT2D eigenvalue weighted by atomic mass is 35.5. The summed E-state index contributed by atoms with van der Waals surface area (Å²) in [6.45, 7) is 5.25. The summed E-state index contributed by atoms with van der Waals surface area (Å²) in [7, 11) is 1.92. The Balaban J connectivity index is 1.84. The van der Waals surface area contributed by atoms with Gasteiger partial charge in [-0.2, -0.15) is 5.10 Å². The van der Waals surface area contributed by atoms with Gasteiger partial charge in [0.05, 0.1) is 5.69 Å². The molecule has 0 fully saturated rings. The van der Waals surface area contributed by atoms with Crippen molar-refractivity contribution in [3.05, 3.63) is 40.7 Å². The highest BCUT2D eigenvalue weighted by molar-refractivity contribution is 6.30. The summed E-state index contributed by atoms with van der Waals surface area (Å²) in [5, 5.41) is 8.30. The number of aryl methyl sites for hydroxylation is 2. The molecule has 1 aromatic carbocycles. The SMILES string of the molecule is Cc1nn(C)c(C)c1OCCNc1cccc(Cl)c1. The summed E-state index contributed by atoms with van der Waals surface area (Å²) in [6.07, 6.45) is 0. The van der Waals surface area contributed by atoms with E-state index < -0.39 is 0 Å². The van der Waals surface area contributed by atoms with E-state index >= 15 is 0 Å². The molecule has 0 aliphatic heterocycles. The summed E-state index contributed by atoms with van der Waals surface area (Å²) in [6, 6.07) is 7.64. The van der Waals surface area contributed by atoms with Crippen molar-refractivity contribution in [2.45, 2.75) is 13.8 Å². The van der Waals surface area contributed by atoms with Gasteiger partial charge in [-0.05, 0) is 32.0 Å². The minimum atomic E-state index is 0.583. The predicted molar refractivity (Wildman–Crippen MR) is 78.1 cm³/mol. The molecule has 5 heteroatoms. The van der Waals surface area contributed by atoms with Crippen LogP contribution < -0.4 is 10.1 Å². The highest BCUT2D eigenvalue weighted by Crippen LogP contribution is 2.21. The molecular weight excluding hydrogens is 262 g/mol. The van der Waals surface area contributed by atoms with Crippen LogP contribution >= 0.6 is 11.6 Å². The molecule has 1 aromatic heterocycles. The van der Waals surface area contributed by atoms with Crippen molar-refractivity contribution in [3.8, 4) is 5.75 Å². The van der Waals surface area contributed by atoms with Gasteiger partial charge in [0.15, 0.2) is 5.75 Å².